The highest BCUT2D eigenvalue weighted by Crippen LogP contribution is 2.33. The van der Waals surface area contributed by atoms with Gasteiger partial charge < -0.3 is 16.0 Å². The Morgan fingerprint density at radius 3 is 2.57 bits per heavy atom. The first-order chi connectivity index (χ1) is 13.4. The summed E-state index contributed by atoms with van der Waals surface area (Å²) in [4.78, 5) is 42.7. The Morgan fingerprint density at radius 2 is 1.89 bits per heavy atom. The van der Waals surface area contributed by atoms with Crippen LogP contribution in [0.4, 0.5) is 5.69 Å². The van der Waals surface area contributed by atoms with Gasteiger partial charge in [0, 0.05) is 6.54 Å². The van der Waals surface area contributed by atoms with Crippen molar-refractivity contribution in [1.82, 2.24) is 9.88 Å². The minimum atomic E-state index is -0.754. The van der Waals surface area contributed by atoms with Crippen molar-refractivity contribution in [3.63, 3.8) is 0 Å². The average Bonchev–Trinajstić information content (AvgIpc) is 2.69. The van der Waals surface area contributed by atoms with Gasteiger partial charge in [0.15, 0.2) is 0 Å². The van der Waals surface area contributed by atoms with Gasteiger partial charge in [-0.2, -0.15) is 0 Å². The monoisotopic (exact) mass is 380 g/mol. The molecule has 0 radical (unpaired) electrons. The number of rotatable bonds is 3. The van der Waals surface area contributed by atoms with Gasteiger partial charge in [0.1, 0.15) is 0 Å². The van der Waals surface area contributed by atoms with Gasteiger partial charge >= 0.3 is 11.8 Å². The molecule has 146 valence electrons. The number of anilines is 1. The normalized spacial score (nSPS) is 19.1. The molecule has 3 rings (SSSR count). The van der Waals surface area contributed by atoms with Crippen molar-refractivity contribution >= 4 is 23.4 Å². The van der Waals surface area contributed by atoms with Crippen LogP contribution in [-0.4, -0.2) is 34.2 Å². The molecule has 2 heterocycles. The lowest BCUT2D eigenvalue weighted by Crippen LogP contribution is -2.46. The third kappa shape index (κ3) is 4.19. The zero-order chi connectivity index (χ0) is 20.3. The summed E-state index contributed by atoms with van der Waals surface area (Å²) >= 11 is 0. The number of hydrogen-bond acceptors (Lipinski definition) is 4. The van der Waals surface area contributed by atoms with Crippen LogP contribution >= 0.6 is 0 Å². The molecule has 3 amide bonds. The van der Waals surface area contributed by atoms with E-state index in [4.69, 9.17) is 5.73 Å². The first-order valence-electron chi connectivity index (χ1n) is 9.30. The lowest BCUT2D eigenvalue weighted by Gasteiger charge is -2.38. The molecule has 2 aromatic rings. The lowest BCUT2D eigenvalue weighted by molar-refractivity contribution is -0.146. The second-order valence-electron chi connectivity index (χ2n) is 7.24. The van der Waals surface area contributed by atoms with Crippen LogP contribution in [-0.2, 0) is 9.59 Å². The highest BCUT2D eigenvalue weighted by molar-refractivity contribution is 6.39. The van der Waals surface area contributed by atoms with E-state index in [1.165, 1.54) is 12.3 Å². The quantitative estimate of drug-likeness (QED) is 0.798. The molecule has 1 saturated heterocycles. The van der Waals surface area contributed by atoms with Crippen LogP contribution in [0.5, 0.6) is 0 Å². The van der Waals surface area contributed by atoms with E-state index in [2.05, 4.69) is 17.2 Å². The first-order valence-corrected chi connectivity index (χ1v) is 9.30. The molecule has 0 aliphatic carbocycles. The van der Waals surface area contributed by atoms with Gasteiger partial charge in [-0.25, -0.2) is 0 Å². The minimum absolute atomic E-state index is 0.132. The van der Waals surface area contributed by atoms with Gasteiger partial charge in [0.2, 0.25) is 0 Å². The maximum atomic E-state index is 12.9. The lowest BCUT2D eigenvalue weighted by atomic mass is 9.90. The van der Waals surface area contributed by atoms with Crippen LogP contribution in [0, 0.1) is 12.8 Å². The molecular formula is C21H24N4O3. The molecule has 1 aromatic carbocycles. The van der Waals surface area contributed by atoms with E-state index >= 15 is 0 Å². The van der Waals surface area contributed by atoms with E-state index in [-0.39, 0.29) is 17.3 Å². The summed E-state index contributed by atoms with van der Waals surface area (Å²) in [7, 11) is 0. The third-order valence-corrected chi connectivity index (χ3v) is 5.07. The van der Waals surface area contributed by atoms with E-state index in [1.807, 2.05) is 30.3 Å². The summed E-state index contributed by atoms with van der Waals surface area (Å²) in [6.45, 7) is 4.24. The number of carbonyl (C=O) groups is 3. The van der Waals surface area contributed by atoms with Gasteiger partial charge in [-0.15, -0.1) is 0 Å². The predicted molar refractivity (Wildman–Crippen MR) is 105 cm³/mol. The van der Waals surface area contributed by atoms with Crippen LogP contribution in [0.25, 0.3) is 0 Å². The van der Waals surface area contributed by atoms with Crippen molar-refractivity contribution < 1.29 is 14.4 Å². The Morgan fingerprint density at radius 1 is 1.18 bits per heavy atom. The molecule has 1 fully saturated rings. The number of primary amides is 1. The van der Waals surface area contributed by atoms with Gasteiger partial charge in [-0.3, -0.25) is 19.4 Å². The van der Waals surface area contributed by atoms with E-state index < -0.39 is 17.7 Å². The number of nitrogens with two attached hydrogens (primary N) is 1. The van der Waals surface area contributed by atoms with E-state index in [9.17, 15) is 14.4 Å². The zero-order valence-corrected chi connectivity index (χ0v) is 16.0. The highest BCUT2D eigenvalue weighted by Gasteiger charge is 2.34. The van der Waals surface area contributed by atoms with Crippen LogP contribution < -0.4 is 11.1 Å². The van der Waals surface area contributed by atoms with E-state index in [1.54, 1.807) is 11.8 Å². The van der Waals surface area contributed by atoms with Crippen molar-refractivity contribution in [1.29, 1.82) is 0 Å². The SMILES string of the molecule is Cc1ncc(NC(=O)C(=O)N2C[C@H](C)CC[C@H]2c2ccccc2)cc1C(N)=O. The molecule has 0 saturated carbocycles. The Kier molecular flexibility index (Phi) is 5.73. The summed E-state index contributed by atoms with van der Waals surface area (Å²) in [6.07, 6.45) is 3.21. The molecule has 1 aliphatic rings. The highest BCUT2D eigenvalue weighted by atomic mass is 16.2. The molecule has 1 aliphatic heterocycles. The number of pyridine rings is 1. The number of likely N-dealkylation sites (tertiary alicyclic amines) is 1. The number of benzene rings is 1. The molecule has 0 bridgehead atoms. The van der Waals surface area contributed by atoms with Gasteiger partial charge in [0.25, 0.3) is 5.91 Å². The van der Waals surface area contributed by atoms with Crippen LogP contribution in [0.1, 0.15) is 47.4 Å². The molecule has 0 spiro atoms. The fourth-order valence-corrected chi connectivity index (χ4v) is 3.56. The molecule has 7 nitrogen and oxygen atoms in total. The number of aryl methyl sites for hydroxylation is 1. The minimum Gasteiger partial charge on any atom is -0.366 e. The zero-order valence-electron chi connectivity index (χ0n) is 16.0. The van der Waals surface area contributed by atoms with Gasteiger partial charge in [-0.1, -0.05) is 37.3 Å². The average molecular weight is 380 g/mol. The number of amides is 3. The Hall–Kier alpha value is -3.22. The molecule has 28 heavy (non-hydrogen) atoms. The number of aromatic nitrogens is 1. The number of carbonyl (C=O) groups excluding carboxylic acids is 3. The predicted octanol–water partition coefficient (Wildman–Crippen LogP) is 2.43. The second-order valence-corrected chi connectivity index (χ2v) is 7.24. The van der Waals surface area contributed by atoms with Gasteiger partial charge in [-0.05, 0) is 37.3 Å². The summed E-state index contributed by atoms with van der Waals surface area (Å²) in [5, 5.41) is 2.55. The number of piperidine rings is 1. The Balaban J connectivity index is 1.80. The molecule has 7 heteroatoms. The van der Waals surface area contributed by atoms with Crippen LogP contribution in [0.3, 0.4) is 0 Å². The molecule has 0 unspecified atom stereocenters. The summed E-state index contributed by atoms with van der Waals surface area (Å²) in [5.41, 5.74) is 7.27. The van der Waals surface area contributed by atoms with Crippen molar-refractivity contribution in [2.75, 3.05) is 11.9 Å². The van der Waals surface area contributed by atoms with Crippen molar-refractivity contribution in [3.05, 3.63) is 59.4 Å². The van der Waals surface area contributed by atoms with Crippen LogP contribution in [0.15, 0.2) is 42.6 Å². The maximum Gasteiger partial charge on any atom is 0.313 e. The van der Waals surface area contributed by atoms with Crippen molar-refractivity contribution in [2.24, 2.45) is 11.7 Å². The summed E-state index contributed by atoms with van der Waals surface area (Å²) in [5.74, 6) is -1.67. The molecule has 2 atom stereocenters. The molecular weight excluding hydrogens is 356 g/mol. The fraction of sp³-hybridized carbons (Fsp3) is 0.333. The topological polar surface area (TPSA) is 105 Å². The standard InChI is InChI=1S/C21H24N4O3/c1-13-8-9-18(15-6-4-3-5-7-15)25(12-13)21(28)20(27)24-16-10-17(19(22)26)14(2)23-11-16/h3-7,10-11,13,18H,8-9,12H2,1-2H3,(H2,22,26)(H,24,27)/t13-,18+/m1/s1. The Bertz CT molecular complexity index is 898. The fourth-order valence-electron chi connectivity index (χ4n) is 3.56. The molecule has 1 aromatic heterocycles. The van der Waals surface area contributed by atoms with E-state index in [0.717, 1.165) is 18.4 Å². The van der Waals surface area contributed by atoms with Gasteiger partial charge in [0.05, 0.1) is 29.2 Å². The number of nitrogens with one attached hydrogen (secondary N) is 1. The van der Waals surface area contributed by atoms with Crippen molar-refractivity contribution in [3.8, 4) is 0 Å². The molecule has 3 N–H and O–H groups in total. The number of hydrogen-bond donors (Lipinski definition) is 2. The van der Waals surface area contributed by atoms with Crippen molar-refractivity contribution in [2.45, 2.75) is 32.7 Å². The summed E-state index contributed by atoms with van der Waals surface area (Å²) < 4.78 is 0. The smallest absolute Gasteiger partial charge is 0.313 e. The Labute approximate surface area is 163 Å². The number of nitrogens with zero attached hydrogens (tertiary/aromatic N) is 2. The summed E-state index contributed by atoms with van der Waals surface area (Å²) in [6, 6.07) is 11.0. The maximum absolute atomic E-state index is 12.9. The second kappa shape index (κ2) is 8.21. The third-order valence-electron chi connectivity index (χ3n) is 5.07. The van der Waals surface area contributed by atoms with Crippen LogP contribution in [0.2, 0.25) is 0 Å². The van der Waals surface area contributed by atoms with E-state index in [0.29, 0.717) is 18.2 Å². The largest absolute Gasteiger partial charge is 0.366 e. The first kappa shape index (κ1) is 19.5.